The number of aromatic nitrogens is 1. The number of amides is 1. The van der Waals surface area contributed by atoms with Gasteiger partial charge in [0, 0.05) is 25.8 Å². The second kappa shape index (κ2) is 7.58. The summed E-state index contributed by atoms with van der Waals surface area (Å²) in [5, 5.41) is 2.86. The van der Waals surface area contributed by atoms with Crippen LogP contribution in [0.1, 0.15) is 27.0 Å². The third-order valence-corrected chi connectivity index (χ3v) is 4.85. The van der Waals surface area contributed by atoms with E-state index in [0.717, 1.165) is 30.8 Å². The molecule has 136 valence electrons. The van der Waals surface area contributed by atoms with E-state index in [0.29, 0.717) is 12.1 Å². The quantitative estimate of drug-likeness (QED) is 0.770. The second-order valence-electron chi connectivity index (χ2n) is 6.68. The molecule has 2 heterocycles. The zero-order valence-electron chi connectivity index (χ0n) is 14.9. The standard InChI is InChI=1S/C22H20FN3O/c23-20-7-5-16(6-8-20)12-25-22(27)19-11-21(14-24-13-19)26-10-9-17-3-1-2-4-18(17)15-26/h1-8,11,13-14H,9-10,12,15H2,(H,25,27). The van der Waals surface area contributed by atoms with Gasteiger partial charge in [0.15, 0.2) is 0 Å². The first-order chi connectivity index (χ1) is 13.2. The van der Waals surface area contributed by atoms with E-state index in [4.69, 9.17) is 0 Å². The topological polar surface area (TPSA) is 45.2 Å². The second-order valence-corrected chi connectivity index (χ2v) is 6.68. The average Bonchev–Trinajstić information content (AvgIpc) is 2.73. The molecule has 0 saturated carbocycles. The molecule has 0 spiro atoms. The molecule has 0 radical (unpaired) electrons. The molecule has 0 fully saturated rings. The van der Waals surface area contributed by atoms with Crippen molar-refractivity contribution in [1.29, 1.82) is 0 Å². The normalized spacial score (nSPS) is 13.1. The molecule has 4 rings (SSSR count). The largest absolute Gasteiger partial charge is 0.366 e. The van der Waals surface area contributed by atoms with Crippen molar-refractivity contribution < 1.29 is 9.18 Å². The molecule has 0 bridgehead atoms. The number of fused-ring (bicyclic) bond motifs is 1. The third-order valence-electron chi connectivity index (χ3n) is 4.85. The zero-order valence-corrected chi connectivity index (χ0v) is 14.9. The van der Waals surface area contributed by atoms with E-state index in [1.807, 2.05) is 6.07 Å². The van der Waals surface area contributed by atoms with Crippen LogP contribution in [0.15, 0.2) is 67.0 Å². The minimum absolute atomic E-state index is 0.189. The van der Waals surface area contributed by atoms with Gasteiger partial charge >= 0.3 is 0 Å². The first kappa shape index (κ1) is 17.2. The Morgan fingerprint density at radius 3 is 2.67 bits per heavy atom. The minimum atomic E-state index is -0.287. The molecule has 1 amide bonds. The molecule has 0 saturated heterocycles. The van der Waals surface area contributed by atoms with E-state index in [2.05, 4.69) is 39.5 Å². The Balaban J connectivity index is 1.44. The lowest BCUT2D eigenvalue weighted by atomic mass is 9.99. The van der Waals surface area contributed by atoms with Gasteiger partial charge in [-0.05, 0) is 41.3 Å². The van der Waals surface area contributed by atoms with E-state index >= 15 is 0 Å². The maximum absolute atomic E-state index is 13.0. The van der Waals surface area contributed by atoms with Crippen molar-refractivity contribution in [2.75, 3.05) is 11.4 Å². The van der Waals surface area contributed by atoms with E-state index in [1.165, 1.54) is 23.3 Å². The van der Waals surface area contributed by atoms with Gasteiger partial charge < -0.3 is 10.2 Å². The fraction of sp³-hybridized carbons (Fsp3) is 0.182. The lowest BCUT2D eigenvalue weighted by molar-refractivity contribution is 0.0950. The Bertz CT molecular complexity index is 956. The summed E-state index contributed by atoms with van der Waals surface area (Å²) in [4.78, 5) is 19.0. The van der Waals surface area contributed by atoms with Crippen molar-refractivity contribution in [3.63, 3.8) is 0 Å². The van der Waals surface area contributed by atoms with Gasteiger partial charge in [0.2, 0.25) is 0 Å². The van der Waals surface area contributed by atoms with E-state index in [9.17, 15) is 9.18 Å². The molecule has 0 unspecified atom stereocenters. The molecule has 0 atom stereocenters. The Morgan fingerprint density at radius 2 is 1.85 bits per heavy atom. The van der Waals surface area contributed by atoms with Crippen molar-refractivity contribution in [3.05, 3.63) is 95.1 Å². The van der Waals surface area contributed by atoms with Gasteiger partial charge in [0.05, 0.1) is 17.4 Å². The number of benzene rings is 2. The van der Waals surface area contributed by atoms with Crippen LogP contribution in [0.25, 0.3) is 0 Å². The number of pyridine rings is 1. The number of nitrogens with one attached hydrogen (secondary N) is 1. The first-order valence-corrected chi connectivity index (χ1v) is 8.98. The summed E-state index contributed by atoms with van der Waals surface area (Å²) in [6.45, 7) is 2.07. The van der Waals surface area contributed by atoms with E-state index in [-0.39, 0.29) is 11.7 Å². The zero-order chi connectivity index (χ0) is 18.6. The lowest BCUT2D eigenvalue weighted by Gasteiger charge is -2.30. The van der Waals surface area contributed by atoms with Crippen LogP contribution in [0.4, 0.5) is 10.1 Å². The van der Waals surface area contributed by atoms with Crippen LogP contribution in [-0.4, -0.2) is 17.4 Å². The Hall–Kier alpha value is -3.21. The smallest absolute Gasteiger partial charge is 0.253 e. The van der Waals surface area contributed by atoms with Gasteiger partial charge in [0.25, 0.3) is 5.91 Å². The maximum atomic E-state index is 13.0. The summed E-state index contributed by atoms with van der Waals surface area (Å²) in [5.41, 5.74) is 5.01. The van der Waals surface area contributed by atoms with Crippen LogP contribution in [0, 0.1) is 5.82 Å². The molecular formula is C22H20FN3O. The monoisotopic (exact) mass is 361 g/mol. The number of rotatable bonds is 4. The van der Waals surface area contributed by atoms with E-state index in [1.54, 1.807) is 24.5 Å². The highest BCUT2D eigenvalue weighted by Gasteiger charge is 2.17. The number of carbonyl (C=O) groups excluding carboxylic acids is 1. The van der Waals surface area contributed by atoms with Crippen LogP contribution in [0.3, 0.4) is 0 Å². The Morgan fingerprint density at radius 1 is 1.07 bits per heavy atom. The number of nitrogens with zero attached hydrogens (tertiary/aromatic N) is 2. The molecule has 2 aromatic carbocycles. The fourth-order valence-corrected chi connectivity index (χ4v) is 3.33. The van der Waals surface area contributed by atoms with Crippen LogP contribution in [0.5, 0.6) is 0 Å². The van der Waals surface area contributed by atoms with Gasteiger partial charge in [-0.1, -0.05) is 36.4 Å². The fourth-order valence-electron chi connectivity index (χ4n) is 3.33. The molecule has 1 aliphatic rings. The third kappa shape index (κ3) is 3.97. The highest BCUT2D eigenvalue weighted by molar-refractivity contribution is 5.94. The summed E-state index contributed by atoms with van der Waals surface area (Å²) < 4.78 is 13.0. The summed E-state index contributed by atoms with van der Waals surface area (Å²) in [5.74, 6) is -0.476. The van der Waals surface area contributed by atoms with Gasteiger partial charge in [-0.2, -0.15) is 0 Å². The summed E-state index contributed by atoms with van der Waals surface area (Å²) in [6.07, 6.45) is 4.35. The molecule has 1 N–H and O–H groups in total. The first-order valence-electron chi connectivity index (χ1n) is 8.98. The van der Waals surface area contributed by atoms with E-state index < -0.39 is 0 Å². The molecule has 3 aromatic rings. The molecule has 27 heavy (non-hydrogen) atoms. The van der Waals surface area contributed by atoms with Crippen LogP contribution in [-0.2, 0) is 19.5 Å². The lowest BCUT2D eigenvalue weighted by Crippen LogP contribution is -2.31. The molecule has 1 aromatic heterocycles. The summed E-state index contributed by atoms with van der Waals surface area (Å²) in [7, 11) is 0. The van der Waals surface area contributed by atoms with Crippen molar-refractivity contribution in [2.24, 2.45) is 0 Å². The Labute approximate surface area is 157 Å². The average molecular weight is 361 g/mol. The molecule has 5 heteroatoms. The number of hydrogen-bond donors (Lipinski definition) is 1. The van der Waals surface area contributed by atoms with Crippen LogP contribution in [0.2, 0.25) is 0 Å². The Kier molecular flexibility index (Phi) is 4.83. The minimum Gasteiger partial charge on any atom is -0.366 e. The van der Waals surface area contributed by atoms with Crippen molar-refractivity contribution in [3.8, 4) is 0 Å². The predicted molar refractivity (Wildman–Crippen MR) is 103 cm³/mol. The molecule has 1 aliphatic heterocycles. The molecular weight excluding hydrogens is 341 g/mol. The van der Waals surface area contributed by atoms with Gasteiger partial charge in [-0.15, -0.1) is 0 Å². The molecule has 4 nitrogen and oxygen atoms in total. The number of carbonyl (C=O) groups is 1. The van der Waals surface area contributed by atoms with Crippen LogP contribution < -0.4 is 10.2 Å². The highest BCUT2D eigenvalue weighted by atomic mass is 19.1. The number of anilines is 1. The summed E-state index contributed by atoms with van der Waals surface area (Å²) >= 11 is 0. The highest BCUT2D eigenvalue weighted by Crippen LogP contribution is 2.24. The van der Waals surface area contributed by atoms with Crippen molar-refractivity contribution >= 4 is 11.6 Å². The van der Waals surface area contributed by atoms with Gasteiger partial charge in [-0.25, -0.2) is 4.39 Å². The maximum Gasteiger partial charge on any atom is 0.253 e. The predicted octanol–water partition coefficient (Wildman–Crippen LogP) is 3.71. The van der Waals surface area contributed by atoms with Crippen LogP contribution >= 0.6 is 0 Å². The number of halogens is 1. The molecule has 0 aliphatic carbocycles. The van der Waals surface area contributed by atoms with Gasteiger partial charge in [-0.3, -0.25) is 9.78 Å². The SMILES string of the molecule is O=C(NCc1ccc(F)cc1)c1cncc(N2CCc3ccccc3C2)c1. The van der Waals surface area contributed by atoms with Crippen molar-refractivity contribution in [2.45, 2.75) is 19.5 Å². The van der Waals surface area contributed by atoms with Gasteiger partial charge in [0.1, 0.15) is 5.82 Å². The summed E-state index contributed by atoms with van der Waals surface area (Å²) in [6, 6.07) is 16.4. The number of hydrogen-bond acceptors (Lipinski definition) is 3. The van der Waals surface area contributed by atoms with Crippen molar-refractivity contribution in [1.82, 2.24) is 10.3 Å².